The second kappa shape index (κ2) is 8.85. The van der Waals surface area contributed by atoms with Gasteiger partial charge in [-0.05, 0) is 35.9 Å². The molecule has 11 heteroatoms. The lowest BCUT2D eigenvalue weighted by Crippen LogP contribution is -2.31. The quantitative estimate of drug-likeness (QED) is 0.548. The molecular formula is C21H15F6N3O2. The van der Waals surface area contributed by atoms with E-state index >= 15 is 0 Å². The van der Waals surface area contributed by atoms with E-state index in [-0.39, 0.29) is 17.0 Å². The lowest BCUT2D eigenvalue weighted by Gasteiger charge is -2.23. The van der Waals surface area contributed by atoms with Crippen molar-refractivity contribution < 1.29 is 35.9 Å². The van der Waals surface area contributed by atoms with Gasteiger partial charge in [-0.25, -0.2) is 4.98 Å². The van der Waals surface area contributed by atoms with E-state index in [1.807, 2.05) is 0 Å². The molecule has 5 nitrogen and oxygen atoms in total. The molecule has 2 aromatic heterocycles. The van der Waals surface area contributed by atoms with Gasteiger partial charge in [0.2, 0.25) is 5.88 Å². The third kappa shape index (κ3) is 5.16. The lowest BCUT2D eigenvalue weighted by molar-refractivity contribution is -0.139. The van der Waals surface area contributed by atoms with E-state index < -0.39 is 41.1 Å². The van der Waals surface area contributed by atoms with Crippen LogP contribution in [0.4, 0.5) is 26.3 Å². The second-order valence-electron chi connectivity index (χ2n) is 6.55. The predicted molar refractivity (Wildman–Crippen MR) is 101 cm³/mol. The molecule has 3 rings (SSSR count). The molecule has 168 valence electrons. The molecule has 2 heterocycles. The molecule has 1 aromatic carbocycles. The second-order valence-corrected chi connectivity index (χ2v) is 6.55. The Bertz CT molecular complexity index is 1100. The fourth-order valence-corrected chi connectivity index (χ4v) is 2.94. The molecular weight excluding hydrogens is 440 g/mol. The van der Waals surface area contributed by atoms with Gasteiger partial charge in [0.25, 0.3) is 5.91 Å². The van der Waals surface area contributed by atoms with Crippen LogP contribution in [-0.2, 0) is 12.4 Å². The van der Waals surface area contributed by atoms with Gasteiger partial charge in [-0.1, -0.05) is 12.1 Å². The van der Waals surface area contributed by atoms with E-state index in [1.54, 1.807) is 0 Å². The van der Waals surface area contributed by atoms with Gasteiger partial charge in [0.15, 0.2) is 0 Å². The number of nitrogens with one attached hydrogen (secondary N) is 1. The normalized spacial score (nSPS) is 12.8. The van der Waals surface area contributed by atoms with E-state index in [2.05, 4.69) is 15.3 Å². The van der Waals surface area contributed by atoms with E-state index in [9.17, 15) is 31.1 Å². The maximum Gasteiger partial charge on any atom is 0.418 e. The Hall–Kier alpha value is -3.63. The molecule has 0 fully saturated rings. The smallest absolute Gasteiger partial charge is 0.418 e. The molecule has 0 bridgehead atoms. The number of halogens is 6. The summed E-state index contributed by atoms with van der Waals surface area (Å²) in [6.45, 7) is 0. The summed E-state index contributed by atoms with van der Waals surface area (Å²) >= 11 is 0. The number of carbonyl (C=O) groups excluding carboxylic acids is 1. The number of pyridine rings is 2. The Morgan fingerprint density at radius 1 is 0.938 bits per heavy atom. The highest BCUT2D eigenvalue weighted by Gasteiger charge is 2.37. The van der Waals surface area contributed by atoms with Crippen LogP contribution in [0.15, 0.2) is 60.9 Å². The third-order valence-electron chi connectivity index (χ3n) is 4.47. The summed E-state index contributed by atoms with van der Waals surface area (Å²) in [6, 6.07) is 6.38. The number of rotatable bonds is 5. The highest BCUT2D eigenvalue weighted by Crippen LogP contribution is 2.36. The molecule has 0 spiro atoms. The fraction of sp³-hybridized carbons (Fsp3) is 0.190. The third-order valence-corrected chi connectivity index (χ3v) is 4.47. The van der Waals surface area contributed by atoms with Crippen LogP contribution >= 0.6 is 0 Å². The van der Waals surface area contributed by atoms with Gasteiger partial charge in [0.1, 0.15) is 0 Å². The van der Waals surface area contributed by atoms with Crippen LogP contribution in [0.25, 0.3) is 0 Å². The van der Waals surface area contributed by atoms with Gasteiger partial charge >= 0.3 is 12.4 Å². The van der Waals surface area contributed by atoms with Crippen LogP contribution in [0.3, 0.4) is 0 Å². The summed E-state index contributed by atoms with van der Waals surface area (Å²) in [7, 11) is 1.32. The van der Waals surface area contributed by atoms with Gasteiger partial charge in [-0.2, -0.15) is 26.3 Å². The van der Waals surface area contributed by atoms with Crippen molar-refractivity contribution in [3.63, 3.8) is 0 Å². The van der Waals surface area contributed by atoms with Crippen LogP contribution in [0, 0.1) is 0 Å². The van der Waals surface area contributed by atoms with Crippen LogP contribution < -0.4 is 10.1 Å². The Morgan fingerprint density at radius 3 is 2.22 bits per heavy atom. The van der Waals surface area contributed by atoms with Crippen molar-refractivity contribution in [2.75, 3.05) is 7.11 Å². The number of carbonyl (C=O) groups is 1. The largest absolute Gasteiger partial charge is 0.481 e. The van der Waals surface area contributed by atoms with E-state index in [1.165, 1.54) is 25.4 Å². The SMILES string of the molecule is COc1cc(C(=O)N[C@@H](c2ccc(C(F)(F)F)cc2)c2ncccc2C(F)(F)F)ccn1. The van der Waals surface area contributed by atoms with Gasteiger partial charge in [0, 0.05) is 24.0 Å². The van der Waals surface area contributed by atoms with E-state index in [4.69, 9.17) is 4.74 Å². The summed E-state index contributed by atoms with van der Waals surface area (Å²) in [5.74, 6) is -0.702. The van der Waals surface area contributed by atoms with E-state index in [0.717, 1.165) is 42.6 Å². The number of ether oxygens (including phenoxy) is 1. The molecule has 3 aromatic rings. The first kappa shape index (κ1) is 23.0. The monoisotopic (exact) mass is 455 g/mol. The number of benzene rings is 1. The van der Waals surface area contributed by atoms with Crippen LogP contribution in [0.2, 0.25) is 0 Å². The number of hydrogen-bond donors (Lipinski definition) is 1. The van der Waals surface area contributed by atoms with Crippen molar-refractivity contribution in [1.29, 1.82) is 0 Å². The summed E-state index contributed by atoms with van der Waals surface area (Å²) in [5.41, 5.74) is -2.66. The van der Waals surface area contributed by atoms with Crippen molar-refractivity contribution in [2.24, 2.45) is 0 Å². The van der Waals surface area contributed by atoms with Crippen molar-refractivity contribution in [1.82, 2.24) is 15.3 Å². The molecule has 0 aliphatic rings. The molecule has 0 aliphatic carbocycles. The number of aromatic nitrogens is 2. The van der Waals surface area contributed by atoms with Gasteiger partial charge in [-0.3, -0.25) is 9.78 Å². The first-order valence-corrected chi connectivity index (χ1v) is 9.01. The average molecular weight is 455 g/mol. The Balaban J connectivity index is 2.07. The summed E-state index contributed by atoms with van der Waals surface area (Å²) in [5, 5.41) is 2.42. The molecule has 0 radical (unpaired) electrons. The Kier molecular flexibility index (Phi) is 6.37. The van der Waals surface area contributed by atoms with Crippen molar-refractivity contribution in [3.8, 4) is 5.88 Å². The minimum absolute atomic E-state index is 0.0171. The molecule has 32 heavy (non-hydrogen) atoms. The summed E-state index contributed by atoms with van der Waals surface area (Å²) < 4.78 is 84.4. The molecule has 0 saturated heterocycles. The lowest BCUT2D eigenvalue weighted by atomic mass is 9.97. The molecule has 1 N–H and O–H groups in total. The molecule has 1 atom stereocenters. The van der Waals surface area contributed by atoms with Gasteiger partial charge in [0.05, 0.1) is 30.0 Å². The number of hydrogen-bond acceptors (Lipinski definition) is 4. The molecule has 1 amide bonds. The summed E-state index contributed by atoms with van der Waals surface area (Å²) in [6.07, 6.45) is -7.07. The minimum atomic E-state index is -4.81. The van der Waals surface area contributed by atoms with Gasteiger partial charge in [-0.15, -0.1) is 0 Å². The van der Waals surface area contributed by atoms with Crippen LogP contribution in [-0.4, -0.2) is 23.0 Å². The van der Waals surface area contributed by atoms with Crippen molar-refractivity contribution >= 4 is 5.91 Å². The zero-order valence-electron chi connectivity index (χ0n) is 16.3. The summed E-state index contributed by atoms with van der Waals surface area (Å²) in [4.78, 5) is 20.4. The Morgan fingerprint density at radius 2 is 1.62 bits per heavy atom. The van der Waals surface area contributed by atoms with Crippen LogP contribution in [0.1, 0.15) is 38.8 Å². The van der Waals surface area contributed by atoms with Crippen LogP contribution in [0.5, 0.6) is 5.88 Å². The zero-order chi connectivity index (χ0) is 23.5. The standard InChI is InChI=1S/C21H15F6N3O2/c1-32-16-11-13(8-10-28-16)19(31)30-17(12-4-6-14(7-5-12)20(22,23)24)18-15(21(25,26)27)3-2-9-29-18/h2-11,17H,1H3,(H,30,31)/t17-/m0/s1. The topological polar surface area (TPSA) is 64.1 Å². The maximum absolute atomic E-state index is 13.6. The fourth-order valence-electron chi connectivity index (χ4n) is 2.94. The molecule has 0 saturated carbocycles. The maximum atomic E-state index is 13.6. The number of methoxy groups -OCH3 is 1. The Labute approximate surface area is 178 Å². The highest BCUT2D eigenvalue weighted by atomic mass is 19.4. The average Bonchev–Trinajstić information content (AvgIpc) is 2.76. The first-order chi connectivity index (χ1) is 15.0. The molecule has 0 unspecified atom stereocenters. The first-order valence-electron chi connectivity index (χ1n) is 9.01. The number of amides is 1. The van der Waals surface area contributed by atoms with Gasteiger partial charge < -0.3 is 10.1 Å². The minimum Gasteiger partial charge on any atom is -0.481 e. The van der Waals surface area contributed by atoms with Crippen molar-refractivity contribution in [3.05, 3.63) is 88.9 Å². The zero-order valence-corrected chi connectivity index (χ0v) is 16.3. The number of nitrogens with zero attached hydrogens (tertiary/aromatic N) is 2. The highest BCUT2D eigenvalue weighted by molar-refractivity contribution is 5.94. The molecule has 0 aliphatic heterocycles. The van der Waals surface area contributed by atoms with E-state index in [0.29, 0.717) is 0 Å². The predicted octanol–water partition coefficient (Wildman–Crippen LogP) is 5.04. The number of alkyl halides is 6. The van der Waals surface area contributed by atoms with Crippen molar-refractivity contribution in [2.45, 2.75) is 18.4 Å².